The minimum atomic E-state index is -0.247. The number of hydrogen-bond acceptors (Lipinski definition) is 4. The molecular weight excluding hydrogens is 272 g/mol. The Labute approximate surface area is 124 Å². The second-order valence-electron chi connectivity index (χ2n) is 5.59. The average molecular weight is 292 g/mol. The van der Waals surface area contributed by atoms with Crippen molar-refractivity contribution >= 4 is 17.9 Å². The van der Waals surface area contributed by atoms with Crippen LogP contribution in [0.25, 0.3) is 0 Å². The average Bonchev–Trinajstić information content (AvgIpc) is 2.95. The highest BCUT2D eigenvalue weighted by Gasteiger charge is 2.48. The van der Waals surface area contributed by atoms with E-state index in [4.69, 9.17) is 4.74 Å². The molecule has 0 aromatic heterocycles. The molecule has 5 heteroatoms. The normalized spacial score (nSPS) is 26.4. The van der Waals surface area contributed by atoms with Crippen LogP contribution in [0.15, 0.2) is 35.2 Å². The van der Waals surface area contributed by atoms with Gasteiger partial charge in [-0.1, -0.05) is 18.2 Å². The molecule has 0 N–H and O–H groups in total. The van der Waals surface area contributed by atoms with Crippen molar-refractivity contribution in [3.05, 3.63) is 30.3 Å². The maximum atomic E-state index is 11.5. The number of carbonyl (C=O) groups is 1. The van der Waals surface area contributed by atoms with Gasteiger partial charge in [-0.05, 0) is 12.1 Å². The minimum absolute atomic E-state index is 0.175. The van der Waals surface area contributed by atoms with Crippen LogP contribution in [0, 0.1) is 0 Å². The molecule has 2 fully saturated rings. The van der Waals surface area contributed by atoms with Gasteiger partial charge in [-0.2, -0.15) is 0 Å². The largest absolute Gasteiger partial charge is 0.439 e. The number of ether oxygens (including phenoxy) is 1. The van der Waals surface area contributed by atoms with Gasteiger partial charge >= 0.3 is 6.09 Å². The van der Waals surface area contributed by atoms with Crippen LogP contribution in [-0.4, -0.2) is 60.5 Å². The summed E-state index contributed by atoms with van der Waals surface area (Å²) >= 11 is 1.88. The third kappa shape index (κ3) is 2.94. The van der Waals surface area contributed by atoms with Crippen LogP contribution in [0.4, 0.5) is 4.79 Å². The second kappa shape index (κ2) is 5.66. The van der Waals surface area contributed by atoms with Crippen LogP contribution in [0.2, 0.25) is 0 Å². The van der Waals surface area contributed by atoms with Crippen molar-refractivity contribution in [2.75, 3.05) is 39.0 Å². The second-order valence-corrected chi connectivity index (χ2v) is 6.76. The van der Waals surface area contributed by atoms with Crippen molar-refractivity contribution in [2.45, 2.75) is 16.9 Å². The number of nitrogens with zero attached hydrogens (tertiary/aromatic N) is 2. The smallest absolute Gasteiger partial charge is 0.410 e. The summed E-state index contributed by atoms with van der Waals surface area (Å²) in [5.41, 5.74) is -0.247. The summed E-state index contributed by atoms with van der Waals surface area (Å²) in [7, 11) is 1.81. The van der Waals surface area contributed by atoms with E-state index in [2.05, 4.69) is 29.2 Å². The lowest BCUT2D eigenvalue weighted by Gasteiger charge is -2.21. The molecule has 3 rings (SSSR count). The van der Waals surface area contributed by atoms with E-state index in [1.165, 1.54) is 4.90 Å². The van der Waals surface area contributed by atoms with Crippen LogP contribution in [-0.2, 0) is 4.74 Å². The predicted molar refractivity (Wildman–Crippen MR) is 80.1 cm³/mol. The first-order valence-electron chi connectivity index (χ1n) is 7.01. The lowest BCUT2D eigenvalue weighted by molar-refractivity contribution is 0.0640. The van der Waals surface area contributed by atoms with Crippen molar-refractivity contribution in [3.63, 3.8) is 0 Å². The Morgan fingerprint density at radius 1 is 1.30 bits per heavy atom. The molecule has 0 radical (unpaired) electrons. The van der Waals surface area contributed by atoms with Crippen LogP contribution in [0.3, 0.4) is 0 Å². The third-order valence-electron chi connectivity index (χ3n) is 3.96. The Morgan fingerprint density at radius 3 is 2.80 bits per heavy atom. The maximum absolute atomic E-state index is 11.5. The van der Waals surface area contributed by atoms with E-state index in [9.17, 15) is 4.79 Å². The molecular formula is C15H20N2O2S. The molecule has 1 amide bonds. The van der Waals surface area contributed by atoms with Crippen molar-refractivity contribution in [2.24, 2.45) is 0 Å². The number of thioether (sulfide) groups is 1. The number of carbonyl (C=O) groups excluding carboxylic acids is 1. The summed E-state index contributed by atoms with van der Waals surface area (Å²) in [5.74, 6) is 1.07. The minimum Gasteiger partial charge on any atom is -0.439 e. The SMILES string of the molecule is CN1CC2(CCN(CCSc3ccccc3)C2)OC1=O. The molecule has 1 aromatic carbocycles. The Morgan fingerprint density at radius 2 is 2.10 bits per heavy atom. The molecule has 2 heterocycles. The Balaban J connectivity index is 1.46. The van der Waals surface area contributed by atoms with Gasteiger partial charge in [-0.3, -0.25) is 4.90 Å². The zero-order chi connectivity index (χ0) is 14.0. The summed E-state index contributed by atoms with van der Waals surface area (Å²) in [6.07, 6.45) is 0.782. The number of benzene rings is 1. The van der Waals surface area contributed by atoms with Gasteiger partial charge in [0.25, 0.3) is 0 Å². The van der Waals surface area contributed by atoms with Crippen LogP contribution < -0.4 is 0 Å². The van der Waals surface area contributed by atoms with E-state index in [-0.39, 0.29) is 11.7 Å². The maximum Gasteiger partial charge on any atom is 0.410 e. The first-order valence-corrected chi connectivity index (χ1v) is 8.00. The highest BCUT2D eigenvalue weighted by Crippen LogP contribution is 2.31. The number of likely N-dealkylation sites (N-methyl/N-ethyl adjacent to an activating group) is 1. The summed E-state index contributed by atoms with van der Waals surface area (Å²) in [6, 6.07) is 10.5. The van der Waals surface area contributed by atoms with E-state index in [0.29, 0.717) is 0 Å². The predicted octanol–water partition coefficient (Wildman–Crippen LogP) is 2.31. The molecule has 0 saturated carbocycles. The topological polar surface area (TPSA) is 32.8 Å². The van der Waals surface area contributed by atoms with Gasteiger partial charge in [-0.15, -0.1) is 11.8 Å². The molecule has 1 aromatic rings. The van der Waals surface area contributed by atoms with Crippen molar-refractivity contribution in [3.8, 4) is 0 Å². The van der Waals surface area contributed by atoms with Gasteiger partial charge in [0.15, 0.2) is 0 Å². The molecule has 2 aliphatic rings. The zero-order valence-corrected chi connectivity index (χ0v) is 12.6. The van der Waals surface area contributed by atoms with Crippen LogP contribution in [0.1, 0.15) is 6.42 Å². The van der Waals surface area contributed by atoms with Gasteiger partial charge < -0.3 is 9.64 Å². The van der Waals surface area contributed by atoms with Crippen molar-refractivity contribution in [1.82, 2.24) is 9.80 Å². The van der Waals surface area contributed by atoms with E-state index in [1.54, 1.807) is 4.90 Å². The van der Waals surface area contributed by atoms with Crippen molar-refractivity contribution in [1.29, 1.82) is 0 Å². The third-order valence-corrected chi connectivity index (χ3v) is 4.95. The molecule has 2 aliphatic heterocycles. The molecule has 1 unspecified atom stereocenters. The van der Waals surface area contributed by atoms with Gasteiger partial charge in [0.05, 0.1) is 6.54 Å². The number of rotatable bonds is 4. The van der Waals surface area contributed by atoms with Crippen LogP contribution in [0.5, 0.6) is 0 Å². The van der Waals surface area contributed by atoms with E-state index in [1.807, 2.05) is 24.9 Å². The van der Waals surface area contributed by atoms with Gasteiger partial charge in [0, 0.05) is 43.8 Å². The van der Waals surface area contributed by atoms with Gasteiger partial charge in [0.2, 0.25) is 0 Å². The monoisotopic (exact) mass is 292 g/mol. The molecule has 20 heavy (non-hydrogen) atoms. The fourth-order valence-corrected chi connectivity index (χ4v) is 3.87. The number of likely N-dealkylation sites (tertiary alicyclic amines) is 1. The summed E-state index contributed by atoms with van der Waals surface area (Å²) in [5, 5.41) is 0. The molecule has 2 saturated heterocycles. The first kappa shape index (κ1) is 13.8. The molecule has 1 spiro atoms. The van der Waals surface area contributed by atoms with E-state index < -0.39 is 0 Å². The summed E-state index contributed by atoms with van der Waals surface area (Å²) in [4.78, 5) is 16.9. The van der Waals surface area contributed by atoms with Crippen LogP contribution >= 0.6 is 11.8 Å². The lowest BCUT2D eigenvalue weighted by Crippen LogP contribution is -2.37. The Hall–Kier alpha value is -1.20. The molecule has 4 nitrogen and oxygen atoms in total. The summed E-state index contributed by atoms with van der Waals surface area (Å²) in [6.45, 7) is 3.67. The molecule has 108 valence electrons. The fourth-order valence-electron chi connectivity index (χ4n) is 2.93. The standard InChI is InChI=1S/C15H20N2O2S/c1-16-11-15(19-14(16)18)7-8-17(12-15)9-10-20-13-5-3-2-4-6-13/h2-6H,7-12H2,1H3. The zero-order valence-electron chi connectivity index (χ0n) is 11.7. The molecule has 1 atom stereocenters. The quantitative estimate of drug-likeness (QED) is 0.797. The highest BCUT2D eigenvalue weighted by atomic mass is 32.2. The van der Waals surface area contributed by atoms with Gasteiger partial charge in [-0.25, -0.2) is 4.79 Å². The number of hydrogen-bond donors (Lipinski definition) is 0. The molecule has 0 bridgehead atoms. The highest BCUT2D eigenvalue weighted by molar-refractivity contribution is 7.99. The van der Waals surface area contributed by atoms with E-state index in [0.717, 1.165) is 38.4 Å². The Kier molecular flexibility index (Phi) is 3.89. The van der Waals surface area contributed by atoms with Gasteiger partial charge in [0.1, 0.15) is 5.60 Å². The number of amides is 1. The first-order chi connectivity index (χ1) is 9.67. The van der Waals surface area contributed by atoms with E-state index >= 15 is 0 Å². The van der Waals surface area contributed by atoms with Crippen molar-refractivity contribution < 1.29 is 9.53 Å². The fraction of sp³-hybridized carbons (Fsp3) is 0.533. The lowest BCUT2D eigenvalue weighted by atomic mass is 10.0. The Bertz CT molecular complexity index is 482. The summed E-state index contributed by atoms with van der Waals surface area (Å²) < 4.78 is 5.56. The molecule has 0 aliphatic carbocycles.